The van der Waals surface area contributed by atoms with E-state index in [4.69, 9.17) is 4.74 Å². The van der Waals surface area contributed by atoms with Crippen LogP contribution in [0.5, 0.6) is 0 Å². The fraction of sp³-hybridized carbons (Fsp3) is 0.125. The largest absolute Gasteiger partial charge is 0.462 e. The van der Waals surface area contributed by atoms with E-state index in [1.165, 1.54) is 17.4 Å². The average molecular weight is 284 g/mol. The van der Waals surface area contributed by atoms with Crippen molar-refractivity contribution >= 4 is 27.4 Å². The summed E-state index contributed by atoms with van der Waals surface area (Å²) < 4.78 is 6.11. The van der Waals surface area contributed by atoms with Crippen LogP contribution in [0.4, 0.5) is 0 Å². The fourth-order valence-corrected chi connectivity index (χ4v) is 3.26. The first-order chi connectivity index (χ1) is 9.69. The second-order valence-corrected chi connectivity index (χ2v) is 5.47. The van der Waals surface area contributed by atoms with Gasteiger partial charge in [0.2, 0.25) is 0 Å². The summed E-state index contributed by atoms with van der Waals surface area (Å²) in [4.78, 5) is 24.5. The number of carbonyl (C=O) groups is 1. The standard InChI is InChI=1S/C16H12O3S/c1-2-19-16(18)13-8-11(17)9-15-12(13)7-10-5-3-4-6-14(10)20-15/h3-9H,2H2,1H3. The molecule has 2 aliphatic rings. The van der Waals surface area contributed by atoms with E-state index in [0.717, 1.165) is 20.5 Å². The summed E-state index contributed by atoms with van der Waals surface area (Å²) in [5.74, 6) is -0.447. The van der Waals surface area contributed by atoms with Crippen LogP contribution in [0.15, 0.2) is 47.3 Å². The Labute approximate surface area is 119 Å². The number of esters is 1. The van der Waals surface area contributed by atoms with E-state index in [9.17, 15) is 9.59 Å². The zero-order chi connectivity index (χ0) is 14.1. The molecule has 1 heterocycles. The van der Waals surface area contributed by atoms with Crippen molar-refractivity contribution < 1.29 is 9.53 Å². The maximum absolute atomic E-state index is 12.0. The lowest BCUT2D eigenvalue weighted by Crippen LogP contribution is -2.11. The highest BCUT2D eigenvalue weighted by atomic mass is 32.1. The Morgan fingerprint density at radius 1 is 1.20 bits per heavy atom. The number of ether oxygens (including phenoxy) is 1. The van der Waals surface area contributed by atoms with Crippen LogP contribution in [-0.2, 0) is 4.74 Å². The van der Waals surface area contributed by atoms with E-state index in [-0.39, 0.29) is 5.43 Å². The lowest BCUT2D eigenvalue weighted by Gasteiger charge is -2.11. The van der Waals surface area contributed by atoms with Crippen molar-refractivity contribution in [2.24, 2.45) is 0 Å². The summed E-state index contributed by atoms with van der Waals surface area (Å²) in [6.07, 6.45) is 0. The molecular weight excluding hydrogens is 272 g/mol. The van der Waals surface area contributed by atoms with Crippen LogP contribution in [0.1, 0.15) is 17.3 Å². The first-order valence-electron chi connectivity index (χ1n) is 6.33. The molecule has 0 unspecified atom stereocenters. The van der Waals surface area contributed by atoms with Crippen LogP contribution in [0.25, 0.3) is 20.5 Å². The van der Waals surface area contributed by atoms with Crippen LogP contribution in [0.2, 0.25) is 0 Å². The molecule has 3 nitrogen and oxygen atoms in total. The van der Waals surface area contributed by atoms with Crippen LogP contribution >= 0.6 is 11.3 Å². The molecule has 0 N–H and O–H groups in total. The van der Waals surface area contributed by atoms with Gasteiger partial charge in [0.25, 0.3) is 0 Å². The second-order valence-electron chi connectivity index (χ2n) is 4.39. The third-order valence-corrected chi connectivity index (χ3v) is 4.20. The van der Waals surface area contributed by atoms with Crippen molar-refractivity contribution in [3.63, 3.8) is 0 Å². The number of carbonyl (C=O) groups excluding carboxylic acids is 1. The van der Waals surface area contributed by atoms with E-state index in [2.05, 4.69) is 0 Å². The van der Waals surface area contributed by atoms with Crippen LogP contribution in [-0.4, -0.2) is 12.6 Å². The first kappa shape index (κ1) is 12.8. The Morgan fingerprint density at radius 2 is 2.00 bits per heavy atom. The summed E-state index contributed by atoms with van der Waals surface area (Å²) in [6.45, 7) is 2.04. The molecule has 0 atom stereocenters. The molecule has 1 aliphatic heterocycles. The normalized spacial score (nSPS) is 10.8. The van der Waals surface area contributed by atoms with Gasteiger partial charge < -0.3 is 4.74 Å². The van der Waals surface area contributed by atoms with Gasteiger partial charge in [-0.15, -0.1) is 11.3 Å². The number of benzene rings is 2. The SMILES string of the molecule is CCOC(=O)c1cc(=O)cc2sc3ccccc3cc1-2. The van der Waals surface area contributed by atoms with Crippen LogP contribution in [0.3, 0.4) is 0 Å². The Bertz CT molecular complexity index is 819. The molecule has 0 bridgehead atoms. The Hall–Kier alpha value is -2.20. The molecule has 0 spiro atoms. The molecule has 3 rings (SSSR count). The predicted molar refractivity (Wildman–Crippen MR) is 80.7 cm³/mol. The highest BCUT2D eigenvalue weighted by Gasteiger charge is 2.18. The lowest BCUT2D eigenvalue weighted by atomic mass is 10.0. The van der Waals surface area contributed by atoms with Gasteiger partial charge >= 0.3 is 5.97 Å². The molecule has 100 valence electrons. The van der Waals surface area contributed by atoms with Crippen molar-refractivity contribution in [2.45, 2.75) is 6.92 Å². The quantitative estimate of drug-likeness (QED) is 0.534. The number of hydrogen-bond acceptors (Lipinski definition) is 4. The number of hydrogen-bond donors (Lipinski definition) is 0. The maximum atomic E-state index is 12.0. The minimum atomic E-state index is -0.447. The van der Waals surface area contributed by atoms with Gasteiger partial charge in [-0.25, -0.2) is 4.79 Å². The van der Waals surface area contributed by atoms with E-state index >= 15 is 0 Å². The van der Waals surface area contributed by atoms with Crippen molar-refractivity contribution in [1.29, 1.82) is 0 Å². The molecule has 0 amide bonds. The monoisotopic (exact) mass is 284 g/mol. The minimum absolute atomic E-state index is 0.174. The van der Waals surface area contributed by atoms with Crippen molar-refractivity contribution in [3.05, 3.63) is 58.3 Å². The summed E-state index contributed by atoms with van der Waals surface area (Å²) in [6, 6.07) is 12.8. The zero-order valence-electron chi connectivity index (χ0n) is 10.9. The predicted octanol–water partition coefficient (Wildman–Crippen LogP) is 3.54. The molecule has 0 saturated heterocycles. The van der Waals surface area contributed by atoms with Gasteiger partial charge in [0.05, 0.1) is 12.2 Å². The molecule has 20 heavy (non-hydrogen) atoms. The van der Waals surface area contributed by atoms with Gasteiger partial charge in [0, 0.05) is 27.3 Å². The summed E-state index contributed by atoms with van der Waals surface area (Å²) in [7, 11) is 0. The molecule has 0 fully saturated rings. The summed E-state index contributed by atoms with van der Waals surface area (Å²) in [5, 5.41) is 1.05. The Balaban J connectivity index is 2.33. The Morgan fingerprint density at radius 3 is 2.80 bits per heavy atom. The minimum Gasteiger partial charge on any atom is -0.462 e. The van der Waals surface area contributed by atoms with Gasteiger partial charge in [-0.1, -0.05) is 18.2 Å². The zero-order valence-corrected chi connectivity index (χ0v) is 11.7. The van der Waals surface area contributed by atoms with Crippen molar-refractivity contribution in [3.8, 4) is 10.4 Å². The van der Waals surface area contributed by atoms with E-state index < -0.39 is 5.97 Å². The van der Waals surface area contributed by atoms with Crippen LogP contribution in [0, 0.1) is 0 Å². The lowest BCUT2D eigenvalue weighted by molar-refractivity contribution is 0.0527. The van der Waals surface area contributed by atoms with Crippen molar-refractivity contribution in [1.82, 2.24) is 0 Å². The van der Waals surface area contributed by atoms with Gasteiger partial charge in [-0.2, -0.15) is 0 Å². The Kier molecular flexibility index (Phi) is 3.24. The number of rotatable bonds is 2. The molecule has 4 heteroatoms. The summed E-state index contributed by atoms with van der Waals surface area (Å²) >= 11 is 1.51. The first-order valence-corrected chi connectivity index (χ1v) is 7.14. The molecule has 0 aromatic heterocycles. The van der Waals surface area contributed by atoms with Gasteiger partial charge in [0.1, 0.15) is 0 Å². The molecular formula is C16H12O3S. The second kappa shape index (κ2) is 5.06. The van der Waals surface area contributed by atoms with E-state index in [1.807, 2.05) is 30.3 Å². The maximum Gasteiger partial charge on any atom is 0.338 e. The van der Waals surface area contributed by atoms with Gasteiger partial charge in [-0.05, 0) is 24.4 Å². The van der Waals surface area contributed by atoms with Crippen LogP contribution < -0.4 is 5.43 Å². The highest BCUT2D eigenvalue weighted by molar-refractivity contribution is 7.21. The number of fused-ring (bicyclic) bond motifs is 2. The molecule has 1 aromatic rings. The van der Waals surface area contributed by atoms with E-state index in [0.29, 0.717) is 12.2 Å². The van der Waals surface area contributed by atoms with Gasteiger partial charge in [-0.3, -0.25) is 4.79 Å². The fourth-order valence-electron chi connectivity index (χ4n) is 2.18. The summed E-state index contributed by atoms with van der Waals surface area (Å²) in [5.41, 5.74) is 0.940. The smallest absolute Gasteiger partial charge is 0.338 e. The molecule has 0 saturated carbocycles. The van der Waals surface area contributed by atoms with Gasteiger partial charge in [0.15, 0.2) is 5.43 Å². The third kappa shape index (κ3) is 2.18. The van der Waals surface area contributed by atoms with Crippen molar-refractivity contribution in [2.75, 3.05) is 6.61 Å². The third-order valence-electron chi connectivity index (χ3n) is 3.05. The van der Waals surface area contributed by atoms with E-state index in [1.54, 1.807) is 13.0 Å². The average Bonchev–Trinajstić information content (AvgIpc) is 2.44. The molecule has 1 aromatic carbocycles. The molecule has 1 aliphatic carbocycles. The topological polar surface area (TPSA) is 43.4 Å². The highest BCUT2D eigenvalue weighted by Crippen LogP contribution is 2.34. The molecule has 0 radical (unpaired) electrons.